The molecular weight excluding hydrogens is 258 g/mol. The number of rotatable bonds is 5. The largest absolute Gasteiger partial charge is 0.481 e. The summed E-state index contributed by atoms with van der Waals surface area (Å²) < 4.78 is 0. The van der Waals surface area contributed by atoms with Crippen LogP contribution in [0.5, 0.6) is 0 Å². The van der Waals surface area contributed by atoms with Crippen LogP contribution < -0.4 is 0 Å². The lowest BCUT2D eigenvalue weighted by Crippen LogP contribution is -2.39. The van der Waals surface area contributed by atoms with Gasteiger partial charge in [-0.05, 0) is 25.2 Å². The second kappa shape index (κ2) is 5.94. The lowest BCUT2D eigenvalue weighted by molar-refractivity contribution is -0.142. The highest BCUT2D eigenvalue weighted by Gasteiger charge is 2.51. The van der Waals surface area contributed by atoms with Gasteiger partial charge in [0.05, 0.1) is 5.41 Å². The summed E-state index contributed by atoms with van der Waals surface area (Å²) in [5, 5.41) is 8.68. The molecule has 2 aliphatic rings. The van der Waals surface area contributed by atoms with Crippen molar-refractivity contribution in [3.63, 3.8) is 0 Å². The quantitative estimate of drug-likeness (QED) is 0.784. The van der Waals surface area contributed by atoms with Gasteiger partial charge in [-0.25, -0.2) is 0 Å². The van der Waals surface area contributed by atoms with E-state index in [1.165, 1.54) is 4.90 Å². The summed E-state index contributed by atoms with van der Waals surface area (Å²) in [5.41, 5.74) is -0.429. The number of likely N-dealkylation sites (tertiary alicyclic amines) is 1. The molecule has 2 amide bonds. The van der Waals surface area contributed by atoms with Crippen LogP contribution in [0.3, 0.4) is 0 Å². The SMILES string of the molecule is CC(CCC(=O)O)CN1C(=O)CC2(CCCCC2)C1=O. The Bertz CT molecular complexity index is 412. The van der Waals surface area contributed by atoms with Crippen molar-refractivity contribution in [1.29, 1.82) is 0 Å². The average molecular weight is 281 g/mol. The summed E-state index contributed by atoms with van der Waals surface area (Å²) in [5.74, 6) is -0.874. The third kappa shape index (κ3) is 3.02. The van der Waals surface area contributed by atoms with Gasteiger partial charge in [0, 0.05) is 19.4 Å². The Morgan fingerprint density at radius 3 is 2.55 bits per heavy atom. The molecule has 1 aliphatic heterocycles. The zero-order valence-corrected chi connectivity index (χ0v) is 12.1. The van der Waals surface area contributed by atoms with E-state index in [9.17, 15) is 14.4 Å². The highest BCUT2D eigenvalue weighted by molar-refractivity contribution is 6.05. The molecule has 112 valence electrons. The number of amides is 2. The smallest absolute Gasteiger partial charge is 0.303 e. The lowest BCUT2D eigenvalue weighted by atomic mass is 9.73. The van der Waals surface area contributed by atoms with Crippen molar-refractivity contribution in [1.82, 2.24) is 4.90 Å². The van der Waals surface area contributed by atoms with Crippen LogP contribution in [-0.2, 0) is 14.4 Å². The van der Waals surface area contributed by atoms with Crippen molar-refractivity contribution in [3.8, 4) is 0 Å². The van der Waals surface area contributed by atoms with Crippen LogP contribution in [0.4, 0.5) is 0 Å². The minimum absolute atomic E-state index is 0.00984. The highest BCUT2D eigenvalue weighted by Crippen LogP contribution is 2.45. The van der Waals surface area contributed by atoms with Crippen LogP contribution in [0.2, 0.25) is 0 Å². The fourth-order valence-electron chi connectivity index (χ4n) is 3.44. The number of carbonyl (C=O) groups excluding carboxylic acids is 2. The summed E-state index contributed by atoms with van der Waals surface area (Å²) >= 11 is 0. The number of carbonyl (C=O) groups is 3. The first-order valence-corrected chi connectivity index (χ1v) is 7.51. The molecule has 5 nitrogen and oxygen atoms in total. The Balaban J connectivity index is 1.96. The third-order valence-corrected chi connectivity index (χ3v) is 4.65. The van der Waals surface area contributed by atoms with Crippen molar-refractivity contribution in [2.75, 3.05) is 6.54 Å². The molecule has 1 N–H and O–H groups in total. The number of carboxylic acid groups (broad SMARTS) is 1. The minimum atomic E-state index is -0.834. The van der Waals surface area contributed by atoms with Crippen molar-refractivity contribution < 1.29 is 19.5 Å². The second-order valence-electron chi connectivity index (χ2n) is 6.36. The molecule has 2 fully saturated rings. The molecule has 1 saturated carbocycles. The average Bonchev–Trinajstić information content (AvgIpc) is 2.62. The van der Waals surface area contributed by atoms with Gasteiger partial charge in [-0.1, -0.05) is 26.2 Å². The number of nitrogens with zero attached hydrogens (tertiary/aromatic N) is 1. The van der Waals surface area contributed by atoms with Crippen LogP contribution in [0.15, 0.2) is 0 Å². The van der Waals surface area contributed by atoms with Crippen LogP contribution in [0.25, 0.3) is 0 Å². The van der Waals surface area contributed by atoms with E-state index in [1.807, 2.05) is 6.92 Å². The third-order valence-electron chi connectivity index (χ3n) is 4.65. The maximum absolute atomic E-state index is 12.6. The zero-order chi connectivity index (χ0) is 14.8. The molecule has 2 rings (SSSR count). The van der Waals surface area contributed by atoms with Gasteiger partial charge in [0.15, 0.2) is 0 Å². The number of imide groups is 1. The molecule has 20 heavy (non-hydrogen) atoms. The van der Waals surface area contributed by atoms with Gasteiger partial charge in [0.1, 0.15) is 0 Å². The minimum Gasteiger partial charge on any atom is -0.481 e. The van der Waals surface area contributed by atoms with E-state index in [-0.39, 0.29) is 24.2 Å². The predicted octanol–water partition coefficient (Wildman–Crippen LogP) is 2.20. The topological polar surface area (TPSA) is 74.7 Å². The van der Waals surface area contributed by atoms with Crippen LogP contribution in [0.1, 0.15) is 58.3 Å². The summed E-state index contributed by atoms with van der Waals surface area (Å²) in [6.45, 7) is 2.27. The predicted molar refractivity (Wildman–Crippen MR) is 72.9 cm³/mol. The van der Waals surface area contributed by atoms with Gasteiger partial charge in [-0.2, -0.15) is 0 Å². The number of carboxylic acids is 1. The lowest BCUT2D eigenvalue weighted by Gasteiger charge is -2.31. The Hall–Kier alpha value is -1.39. The fourth-order valence-corrected chi connectivity index (χ4v) is 3.44. The molecule has 1 heterocycles. The molecule has 1 atom stereocenters. The van der Waals surface area contributed by atoms with Crippen molar-refractivity contribution in [2.45, 2.75) is 58.3 Å². The highest BCUT2D eigenvalue weighted by atomic mass is 16.4. The Labute approximate surface area is 119 Å². The molecule has 1 saturated heterocycles. The van der Waals surface area contributed by atoms with Crippen molar-refractivity contribution in [3.05, 3.63) is 0 Å². The van der Waals surface area contributed by atoms with E-state index < -0.39 is 11.4 Å². The van der Waals surface area contributed by atoms with Gasteiger partial charge in [-0.3, -0.25) is 19.3 Å². The number of hydrogen-bond donors (Lipinski definition) is 1. The Kier molecular flexibility index (Phi) is 4.45. The van der Waals surface area contributed by atoms with E-state index >= 15 is 0 Å². The van der Waals surface area contributed by atoms with Gasteiger partial charge < -0.3 is 5.11 Å². The standard InChI is InChI=1S/C15H23NO4/c1-11(5-6-13(18)19)10-16-12(17)9-15(14(16)20)7-3-2-4-8-15/h11H,2-10H2,1H3,(H,18,19). The Morgan fingerprint density at radius 1 is 1.30 bits per heavy atom. The van der Waals surface area contributed by atoms with Crippen molar-refractivity contribution in [2.24, 2.45) is 11.3 Å². The molecule has 5 heteroatoms. The first kappa shape index (κ1) is 15.0. The van der Waals surface area contributed by atoms with E-state index in [0.29, 0.717) is 19.4 Å². The van der Waals surface area contributed by atoms with Crippen LogP contribution >= 0.6 is 0 Å². The van der Waals surface area contributed by atoms with Gasteiger partial charge in [-0.15, -0.1) is 0 Å². The normalized spacial score (nSPS) is 23.4. The summed E-state index contributed by atoms with van der Waals surface area (Å²) in [6, 6.07) is 0. The van der Waals surface area contributed by atoms with E-state index in [4.69, 9.17) is 5.11 Å². The molecular formula is C15H23NO4. The maximum atomic E-state index is 12.6. The first-order chi connectivity index (χ1) is 9.44. The summed E-state index contributed by atoms with van der Waals surface area (Å²) in [4.78, 5) is 36.6. The van der Waals surface area contributed by atoms with E-state index in [0.717, 1.165) is 32.1 Å². The maximum Gasteiger partial charge on any atom is 0.303 e. The van der Waals surface area contributed by atoms with E-state index in [2.05, 4.69) is 0 Å². The zero-order valence-electron chi connectivity index (χ0n) is 12.1. The first-order valence-electron chi connectivity index (χ1n) is 7.51. The second-order valence-corrected chi connectivity index (χ2v) is 6.36. The van der Waals surface area contributed by atoms with Crippen LogP contribution in [0, 0.1) is 11.3 Å². The Morgan fingerprint density at radius 2 is 1.95 bits per heavy atom. The van der Waals surface area contributed by atoms with Crippen LogP contribution in [-0.4, -0.2) is 34.3 Å². The monoisotopic (exact) mass is 281 g/mol. The van der Waals surface area contributed by atoms with Gasteiger partial charge >= 0.3 is 5.97 Å². The van der Waals surface area contributed by atoms with E-state index in [1.54, 1.807) is 0 Å². The number of aliphatic carboxylic acids is 1. The molecule has 0 aromatic heterocycles. The summed E-state index contributed by atoms with van der Waals surface area (Å²) in [7, 11) is 0. The molecule has 1 spiro atoms. The molecule has 1 unspecified atom stereocenters. The molecule has 0 aromatic rings. The molecule has 1 aliphatic carbocycles. The van der Waals surface area contributed by atoms with Gasteiger partial charge in [0.25, 0.3) is 0 Å². The molecule has 0 aromatic carbocycles. The van der Waals surface area contributed by atoms with Crippen molar-refractivity contribution >= 4 is 17.8 Å². The number of hydrogen-bond acceptors (Lipinski definition) is 3. The van der Waals surface area contributed by atoms with Gasteiger partial charge in [0.2, 0.25) is 11.8 Å². The molecule has 0 radical (unpaired) electrons. The fraction of sp³-hybridized carbons (Fsp3) is 0.800. The summed E-state index contributed by atoms with van der Waals surface area (Å²) in [6.07, 6.45) is 5.82. The molecule has 0 bridgehead atoms.